The third-order valence-electron chi connectivity index (χ3n) is 2.05. The van der Waals surface area contributed by atoms with Crippen LogP contribution in [-0.4, -0.2) is 15.2 Å². The van der Waals surface area contributed by atoms with Gasteiger partial charge in [0.25, 0.3) is 0 Å². The highest BCUT2D eigenvalue weighted by Crippen LogP contribution is 2.25. The van der Waals surface area contributed by atoms with Crippen LogP contribution in [0.5, 0.6) is 0 Å². The summed E-state index contributed by atoms with van der Waals surface area (Å²) in [4.78, 5) is 2.90. The van der Waals surface area contributed by atoms with Crippen LogP contribution in [0.2, 0.25) is 0 Å². The summed E-state index contributed by atoms with van der Waals surface area (Å²) >= 11 is 0. The van der Waals surface area contributed by atoms with Gasteiger partial charge < -0.3 is 16.5 Å². The lowest BCUT2D eigenvalue weighted by atomic mass is 10.0. The topological polar surface area (TPSA) is 96.5 Å². The Hall–Kier alpha value is -2.17. The molecular formula is C9H11N5. The monoisotopic (exact) mass is 189 g/mol. The van der Waals surface area contributed by atoms with Gasteiger partial charge in [0, 0.05) is 35.3 Å². The quantitative estimate of drug-likeness (QED) is 0.559. The number of nitrogens with two attached hydrogens (primary N) is 2. The SMILES string of the molecule is N/C=C(/c1cn[nH]c1)c1cc[nH]c1N. The van der Waals surface area contributed by atoms with Gasteiger partial charge in [-0.05, 0) is 6.07 Å². The Labute approximate surface area is 80.8 Å². The number of H-pyrrole nitrogens is 2. The molecule has 0 unspecified atom stereocenters. The van der Waals surface area contributed by atoms with Crippen LogP contribution >= 0.6 is 0 Å². The molecule has 2 aromatic rings. The predicted molar refractivity (Wildman–Crippen MR) is 55.1 cm³/mol. The zero-order chi connectivity index (χ0) is 9.97. The number of anilines is 1. The molecule has 2 heterocycles. The molecule has 0 bridgehead atoms. The van der Waals surface area contributed by atoms with E-state index in [1.807, 2.05) is 6.07 Å². The van der Waals surface area contributed by atoms with Crippen molar-refractivity contribution >= 4 is 11.4 Å². The van der Waals surface area contributed by atoms with Crippen LogP contribution in [0.4, 0.5) is 5.82 Å². The van der Waals surface area contributed by atoms with Gasteiger partial charge in [-0.3, -0.25) is 5.10 Å². The van der Waals surface area contributed by atoms with E-state index in [0.29, 0.717) is 5.82 Å². The van der Waals surface area contributed by atoms with Crippen LogP contribution in [0.15, 0.2) is 30.9 Å². The molecule has 0 aromatic carbocycles. The summed E-state index contributed by atoms with van der Waals surface area (Å²) in [5.74, 6) is 0.600. The lowest BCUT2D eigenvalue weighted by Gasteiger charge is -2.02. The van der Waals surface area contributed by atoms with Crippen molar-refractivity contribution < 1.29 is 0 Å². The Morgan fingerprint density at radius 3 is 2.86 bits per heavy atom. The molecule has 0 aliphatic rings. The highest BCUT2D eigenvalue weighted by atomic mass is 15.1. The molecule has 5 nitrogen and oxygen atoms in total. The largest absolute Gasteiger partial charge is 0.404 e. The van der Waals surface area contributed by atoms with Crippen molar-refractivity contribution in [1.82, 2.24) is 15.2 Å². The van der Waals surface area contributed by atoms with E-state index in [0.717, 1.165) is 16.7 Å². The van der Waals surface area contributed by atoms with Gasteiger partial charge in [0.05, 0.1) is 6.20 Å². The van der Waals surface area contributed by atoms with Gasteiger partial charge in [0.15, 0.2) is 0 Å². The summed E-state index contributed by atoms with van der Waals surface area (Å²) in [6, 6.07) is 1.88. The molecule has 0 saturated carbocycles. The molecule has 72 valence electrons. The molecule has 0 saturated heterocycles. The zero-order valence-electron chi connectivity index (χ0n) is 7.49. The summed E-state index contributed by atoms with van der Waals surface area (Å²) in [6.07, 6.45) is 6.76. The molecule has 14 heavy (non-hydrogen) atoms. The second-order valence-electron chi connectivity index (χ2n) is 2.87. The number of hydrogen-bond donors (Lipinski definition) is 4. The van der Waals surface area contributed by atoms with Crippen molar-refractivity contribution in [3.8, 4) is 0 Å². The van der Waals surface area contributed by atoms with Crippen molar-refractivity contribution in [3.63, 3.8) is 0 Å². The average Bonchev–Trinajstić information content (AvgIpc) is 2.80. The average molecular weight is 189 g/mol. The van der Waals surface area contributed by atoms with Crippen LogP contribution in [0.1, 0.15) is 11.1 Å². The normalized spacial score (nSPS) is 11.9. The van der Waals surface area contributed by atoms with E-state index in [-0.39, 0.29) is 0 Å². The van der Waals surface area contributed by atoms with Gasteiger partial charge in [-0.2, -0.15) is 5.10 Å². The molecule has 0 radical (unpaired) electrons. The zero-order valence-corrected chi connectivity index (χ0v) is 7.49. The lowest BCUT2D eigenvalue weighted by molar-refractivity contribution is 1.09. The minimum absolute atomic E-state index is 0.600. The van der Waals surface area contributed by atoms with Crippen LogP contribution in [0.25, 0.3) is 5.57 Å². The third-order valence-corrected chi connectivity index (χ3v) is 2.05. The van der Waals surface area contributed by atoms with Crippen molar-refractivity contribution in [2.24, 2.45) is 5.73 Å². The first kappa shape index (κ1) is 8.43. The summed E-state index contributed by atoms with van der Waals surface area (Å²) in [7, 11) is 0. The highest BCUT2D eigenvalue weighted by Gasteiger charge is 2.09. The van der Waals surface area contributed by atoms with E-state index in [4.69, 9.17) is 11.5 Å². The number of aromatic amines is 2. The summed E-state index contributed by atoms with van der Waals surface area (Å²) < 4.78 is 0. The Balaban J connectivity index is 2.47. The van der Waals surface area contributed by atoms with E-state index in [1.54, 1.807) is 18.6 Å². The Bertz CT molecular complexity index is 437. The van der Waals surface area contributed by atoms with Gasteiger partial charge in [0.1, 0.15) is 5.82 Å². The first-order chi connectivity index (χ1) is 6.83. The molecule has 0 amide bonds. The second-order valence-corrected chi connectivity index (χ2v) is 2.87. The Morgan fingerprint density at radius 1 is 1.50 bits per heavy atom. The fourth-order valence-electron chi connectivity index (χ4n) is 1.36. The van der Waals surface area contributed by atoms with E-state index < -0.39 is 0 Å². The maximum atomic E-state index is 5.74. The van der Waals surface area contributed by atoms with E-state index in [1.165, 1.54) is 6.20 Å². The molecule has 2 aromatic heterocycles. The molecule has 0 aliphatic carbocycles. The first-order valence-corrected chi connectivity index (χ1v) is 4.17. The Kier molecular flexibility index (Phi) is 1.98. The minimum atomic E-state index is 0.600. The smallest absolute Gasteiger partial charge is 0.108 e. The van der Waals surface area contributed by atoms with Crippen LogP contribution in [0.3, 0.4) is 0 Å². The number of nitrogen functional groups attached to an aromatic ring is 1. The highest BCUT2D eigenvalue weighted by molar-refractivity contribution is 5.83. The van der Waals surface area contributed by atoms with Crippen LogP contribution < -0.4 is 11.5 Å². The molecule has 5 heteroatoms. The molecule has 0 fully saturated rings. The van der Waals surface area contributed by atoms with Gasteiger partial charge in [-0.1, -0.05) is 0 Å². The third kappa shape index (κ3) is 1.24. The van der Waals surface area contributed by atoms with Crippen molar-refractivity contribution in [3.05, 3.63) is 42.0 Å². The standard InChI is InChI=1S/C9H11N5/c10-3-8(6-4-13-14-5-6)7-1-2-12-9(7)11/h1-5,12H,10-11H2,(H,13,14)/b8-3-. The molecule has 2 rings (SSSR count). The molecule has 6 N–H and O–H groups in total. The fraction of sp³-hybridized carbons (Fsp3) is 0. The van der Waals surface area contributed by atoms with Crippen LogP contribution in [0, 0.1) is 0 Å². The predicted octanol–water partition coefficient (Wildman–Crippen LogP) is 0.668. The molecule has 0 aliphatic heterocycles. The first-order valence-electron chi connectivity index (χ1n) is 4.17. The Morgan fingerprint density at radius 2 is 2.36 bits per heavy atom. The lowest BCUT2D eigenvalue weighted by Crippen LogP contribution is -1.94. The van der Waals surface area contributed by atoms with E-state index in [9.17, 15) is 0 Å². The summed E-state index contributed by atoms with van der Waals surface area (Å²) in [6.45, 7) is 0. The van der Waals surface area contributed by atoms with Crippen molar-refractivity contribution in [2.75, 3.05) is 5.73 Å². The maximum Gasteiger partial charge on any atom is 0.108 e. The number of aromatic nitrogens is 3. The molecule has 0 atom stereocenters. The van der Waals surface area contributed by atoms with Gasteiger partial charge in [-0.25, -0.2) is 0 Å². The van der Waals surface area contributed by atoms with Crippen LogP contribution in [-0.2, 0) is 0 Å². The minimum Gasteiger partial charge on any atom is -0.404 e. The fourth-order valence-corrected chi connectivity index (χ4v) is 1.36. The van der Waals surface area contributed by atoms with Gasteiger partial charge >= 0.3 is 0 Å². The maximum absolute atomic E-state index is 5.74. The van der Waals surface area contributed by atoms with E-state index in [2.05, 4.69) is 15.2 Å². The van der Waals surface area contributed by atoms with Gasteiger partial charge in [0.2, 0.25) is 0 Å². The summed E-state index contributed by atoms with van der Waals surface area (Å²) in [5, 5.41) is 6.59. The number of nitrogens with zero attached hydrogens (tertiary/aromatic N) is 1. The number of rotatable bonds is 2. The second kappa shape index (κ2) is 3.29. The number of hydrogen-bond acceptors (Lipinski definition) is 3. The van der Waals surface area contributed by atoms with Crippen molar-refractivity contribution in [2.45, 2.75) is 0 Å². The van der Waals surface area contributed by atoms with E-state index >= 15 is 0 Å². The molecular weight excluding hydrogens is 178 g/mol. The summed E-state index contributed by atoms with van der Waals surface area (Å²) in [5.41, 5.74) is 13.9. The number of nitrogens with one attached hydrogen (secondary N) is 2. The van der Waals surface area contributed by atoms with Gasteiger partial charge in [-0.15, -0.1) is 0 Å². The van der Waals surface area contributed by atoms with Crippen molar-refractivity contribution in [1.29, 1.82) is 0 Å². The molecule has 0 spiro atoms.